The molecule has 0 atom stereocenters. The van der Waals surface area contributed by atoms with Crippen LogP contribution in [-0.2, 0) is 17.8 Å². The van der Waals surface area contributed by atoms with E-state index < -0.39 is 0 Å². The molecule has 0 spiro atoms. The van der Waals surface area contributed by atoms with E-state index in [2.05, 4.69) is 39.1 Å². The standard InChI is InChI=1S/C28H27N5O/c1-4-21(28(34)32-17-20-6-9-25-22(14-20)11-12-31-27(25)29)16-24(30-3)15-19-7-10-26-23(13-19)8-5-18(2)33-26/h4-14,16H,3,15,17H2,1-2H3,(H2,29,31)(H,32,34)/b21-4+,24-16-. The number of nitrogens with two attached hydrogens (primary N) is 1. The van der Waals surface area contributed by atoms with Crippen LogP contribution >= 0.6 is 0 Å². The van der Waals surface area contributed by atoms with Crippen LogP contribution in [-0.4, -0.2) is 22.6 Å². The molecule has 0 saturated carbocycles. The van der Waals surface area contributed by atoms with Crippen LogP contribution in [0.15, 0.2) is 89.2 Å². The van der Waals surface area contributed by atoms with Gasteiger partial charge in [-0.3, -0.25) is 14.8 Å². The van der Waals surface area contributed by atoms with Gasteiger partial charge in [0.05, 0.1) is 5.52 Å². The predicted molar refractivity (Wildman–Crippen MR) is 140 cm³/mol. The molecule has 2 aromatic carbocycles. The number of anilines is 1. The lowest BCUT2D eigenvalue weighted by Gasteiger charge is -2.09. The Bertz CT molecular complexity index is 1450. The molecule has 6 heteroatoms. The molecule has 4 aromatic rings. The van der Waals surface area contributed by atoms with E-state index in [4.69, 9.17) is 5.73 Å². The monoisotopic (exact) mass is 449 g/mol. The third kappa shape index (κ3) is 5.18. The summed E-state index contributed by atoms with van der Waals surface area (Å²) in [6.07, 6.45) is 5.81. The highest BCUT2D eigenvalue weighted by Crippen LogP contribution is 2.21. The molecule has 0 unspecified atom stereocenters. The van der Waals surface area contributed by atoms with Crippen molar-refractivity contribution in [1.82, 2.24) is 15.3 Å². The number of hydrogen-bond acceptors (Lipinski definition) is 5. The maximum Gasteiger partial charge on any atom is 0.251 e. The molecule has 0 aliphatic heterocycles. The summed E-state index contributed by atoms with van der Waals surface area (Å²) in [6, 6.07) is 18.0. The topological polar surface area (TPSA) is 93.3 Å². The van der Waals surface area contributed by atoms with Crippen LogP contribution in [0.3, 0.4) is 0 Å². The van der Waals surface area contributed by atoms with Crippen molar-refractivity contribution in [3.05, 3.63) is 101 Å². The molecule has 170 valence electrons. The zero-order valence-electron chi connectivity index (χ0n) is 19.4. The number of amides is 1. The van der Waals surface area contributed by atoms with Gasteiger partial charge < -0.3 is 11.1 Å². The number of aliphatic imine (C=N–C) groups is 1. The van der Waals surface area contributed by atoms with Crippen LogP contribution in [0.4, 0.5) is 5.82 Å². The van der Waals surface area contributed by atoms with E-state index in [-0.39, 0.29) is 5.91 Å². The van der Waals surface area contributed by atoms with Crippen LogP contribution in [0.25, 0.3) is 21.7 Å². The molecule has 0 radical (unpaired) electrons. The first kappa shape index (κ1) is 22.9. The molecule has 0 aliphatic rings. The molecule has 34 heavy (non-hydrogen) atoms. The second-order valence-electron chi connectivity index (χ2n) is 8.13. The first-order valence-corrected chi connectivity index (χ1v) is 11.1. The van der Waals surface area contributed by atoms with Crippen molar-refractivity contribution in [2.24, 2.45) is 4.99 Å². The number of rotatable bonds is 7. The Hall–Kier alpha value is -4.32. The smallest absolute Gasteiger partial charge is 0.251 e. The predicted octanol–water partition coefficient (Wildman–Crippen LogP) is 5.06. The SMILES string of the molecule is C=N/C(=C\C(=C/C)C(=O)NCc1ccc2c(N)nccc2c1)Cc1ccc2nc(C)ccc2c1. The maximum absolute atomic E-state index is 12.9. The fourth-order valence-electron chi connectivity index (χ4n) is 3.85. The molecule has 3 N–H and O–H groups in total. The van der Waals surface area contributed by atoms with Gasteiger partial charge in [-0.15, -0.1) is 0 Å². The number of allylic oxidation sites excluding steroid dienone is 2. The number of pyridine rings is 2. The molecular weight excluding hydrogens is 422 g/mol. The van der Waals surface area contributed by atoms with Crippen LogP contribution in [0, 0.1) is 6.92 Å². The van der Waals surface area contributed by atoms with Crippen molar-refractivity contribution in [2.75, 3.05) is 5.73 Å². The first-order valence-electron chi connectivity index (χ1n) is 11.1. The Kier molecular flexibility index (Phi) is 6.78. The number of hydrogen-bond donors (Lipinski definition) is 2. The Morgan fingerprint density at radius 3 is 2.68 bits per heavy atom. The molecule has 2 heterocycles. The first-order chi connectivity index (χ1) is 16.5. The van der Waals surface area contributed by atoms with Crippen LogP contribution in [0.1, 0.15) is 23.7 Å². The highest BCUT2D eigenvalue weighted by atomic mass is 16.1. The van der Waals surface area contributed by atoms with Gasteiger partial charge in [-0.1, -0.05) is 30.3 Å². The van der Waals surface area contributed by atoms with Gasteiger partial charge in [0.1, 0.15) is 5.82 Å². The molecule has 0 saturated heterocycles. The summed E-state index contributed by atoms with van der Waals surface area (Å²) in [5, 5.41) is 5.94. The normalized spacial score (nSPS) is 12.2. The van der Waals surface area contributed by atoms with E-state index in [0.717, 1.165) is 44.2 Å². The number of aromatic nitrogens is 2. The lowest BCUT2D eigenvalue weighted by molar-refractivity contribution is -0.117. The van der Waals surface area contributed by atoms with Gasteiger partial charge in [0.15, 0.2) is 0 Å². The van der Waals surface area contributed by atoms with E-state index in [1.807, 2.05) is 56.3 Å². The zero-order valence-corrected chi connectivity index (χ0v) is 19.4. The average Bonchev–Trinajstić information content (AvgIpc) is 2.85. The van der Waals surface area contributed by atoms with Gasteiger partial charge in [-0.2, -0.15) is 0 Å². The van der Waals surface area contributed by atoms with Crippen molar-refractivity contribution in [3.8, 4) is 0 Å². The number of carbonyl (C=O) groups is 1. The third-order valence-corrected chi connectivity index (χ3v) is 5.69. The Balaban J connectivity index is 1.46. The minimum atomic E-state index is -0.170. The average molecular weight is 450 g/mol. The summed E-state index contributed by atoms with van der Waals surface area (Å²) < 4.78 is 0. The second-order valence-corrected chi connectivity index (χ2v) is 8.13. The van der Waals surface area contributed by atoms with E-state index in [1.165, 1.54) is 0 Å². The van der Waals surface area contributed by atoms with Crippen molar-refractivity contribution in [1.29, 1.82) is 0 Å². The van der Waals surface area contributed by atoms with Gasteiger partial charge in [0.2, 0.25) is 0 Å². The van der Waals surface area contributed by atoms with Crippen LogP contribution < -0.4 is 11.1 Å². The number of carbonyl (C=O) groups excluding carboxylic acids is 1. The summed E-state index contributed by atoms with van der Waals surface area (Å²) in [6.45, 7) is 7.92. The minimum Gasteiger partial charge on any atom is -0.383 e. The highest BCUT2D eigenvalue weighted by Gasteiger charge is 2.09. The van der Waals surface area contributed by atoms with E-state index in [9.17, 15) is 4.79 Å². The number of nitrogen functional groups attached to an aromatic ring is 1. The van der Waals surface area contributed by atoms with Gasteiger partial charge >= 0.3 is 0 Å². The number of aryl methyl sites for hydroxylation is 1. The summed E-state index contributed by atoms with van der Waals surface area (Å²) in [5.74, 6) is 0.327. The fourth-order valence-corrected chi connectivity index (χ4v) is 3.85. The quantitative estimate of drug-likeness (QED) is 0.234. The number of benzene rings is 2. The molecule has 0 aliphatic carbocycles. The van der Waals surface area contributed by atoms with Crippen LogP contribution in [0.5, 0.6) is 0 Å². The fraction of sp³-hybridized carbons (Fsp3) is 0.143. The zero-order chi connectivity index (χ0) is 24.1. The van der Waals surface area contributed by atoms with E-state index >= 15 is 0 Å². The van der Waals surface area contributed by atoms with Crippen LogP contribution in [0.2, 0.25) is 0 Å². The summed E-state index contributed by atoms with van der Waals surface area (Å²) >= 11 is 0. The number of nitrogens with one attached hydrogen (secondary N) is 1. The van der Waals surface area contributed by atoms with E-state index in [0.29, 0.717) is 24.4 Å². The minimum absolute atomic E-state index is 0.170. The maximum atomic E-state index is 12.9. The van der Waals surface area contributed by atoms with Gasteiger partial charge in [0.25, 0.3) is 5.91 Å². The lowest BCUT2D eigenvalue weighted by atomic mass is 10.0. The molecular formula is C28H27N5O. The Labute approximate surface area is 199 Å². The molecule has 6 nitrogen and oxygen atoms in total. The number of fused-ring (bicyclic) bond motifs is 2. The molecule has 1 amide bonds. The van der Waals surface area contributed by atoms with Crippen molar-refractivity contribution in [2.45, 2.75) is 26.8 Å². The summed E-state index contributed by atoms with van der Waals surface area (Å²) in [7, 11) is 0. The Morgan fingerprint density at radius 2 is 1.88 bits per heavy atom. The lowest BCUT2D eigenvalue weighted by Crippen LogP contribution is -2.24. The summed E-state index contributed by atoms with van der Waals surface area (Å²) in [4.78, 5) is 25.7. The van der Waals surface area contributed by atoms with Gasteiger partial charge in [-0.05, 0) is 73.5 Å². The van der Waals surface area contributed by atoms with Crippen molar-refractivity contribution in [3.63, 3.8) is 0 Å². The highest BCUT2D eigenvalue weighted by molar-refractivity contribution is 5.96. The second kappa shape index (κ2) is 10.1. The van der Waals surface area contributed by atoms with Crippen molar-refractivity contribution >= 4 is 40.1 Å². The summed E-state index contributed by atoms with van der Waals surface area (Å²) in [5.41, 5.74) is 11.2. The van der Waals surface area contributed by atoms with Gasteiger partial charge in [0, 0.05) is 46.9 Å². The molecule has 2 aromatic heterocycles. The largest absolute Gasteiger partial charge is 0.383 e. The molecule has 0 bridgehead atoms. The number of nitrogens with zero attached hydrogens (tertiary/aromatic N) is 3. The van der Waals surface area contributed by atoms with Crippen molar-refractivity contribution < 1.29 is 4.79 Å². The molecule has 0 fully saturated rings. The Morgan fingerprint density at radius 1 is 1.09 bits per heavy atom. The third-order valence-electron chi connectivity index (χ3n) is 5.69. The molecule has 4 rings (SSSR count). The van der Waals surface area contributed by atoms with Gasteiger partial charge in [-0.25, -0.2) is 4.98 Å². The van der Waals surface area contributed by atoms with E-state index in [1.54, 1.807) is 18.3 Å².